The Balaban J connectivity index is 1.33. The Bertz CT molecular complexity index is 733. The zero-order valence-corrected chi connectivity index (χ0v) is 17.4. The molecule has 1 N–H and O–H groups in total. The average Bonchev–Trinajstić information content (AvgIpc) is 2.98. The van der Waals surface area contributed by atoms with Crippen molar-refractivity contribution in [1.29, 1.82) is 0 Å². The Morgan fingerprint density at radius 2 is 2.00 bits per heavy atom. The highest BCUT2D eigenvalue weighted by Gasteiger charge is 2.21. The predicted octanol–water partition coefficient (Wildman–Crippen LogP) is 3.46. The van der Waals surface area contributed by atoms with Gasteiger partial charge in [0.1, 0.15) is 11.5 Å². The molecule has 0 saturated carbocycles. The molecule has 1 amide bonds. The first-order chi connectivity index (χ1) is 13.0. The molecule has 3 rings (SSSR count). The van der Waals surface area contributed by atoms with Crippen molar-refractivity contribution in [3.63, 3.8) is 0 Å². The first-order valence-electron chi connectivity index (χ1n) is 9.30. The molecule has 0 unspecified atom stereocenters. The van der Waals surface area contributed by atoms with Gasteiger partial charge in [-0.05, 0) is 70.0 Å². The minimum atomic E-state index is -0.0777. The first kappa shape index (κ1) is 19.9. The summed E-state index contributed by atoms with van der Waals surface area (Å²) in [5.41, 5.74) is 0.966. The van der Waals surface area contributed by atoms with Crippen molar-refractivity contribution in [1.82, 2.24) is 15.2 Å². The van der Waals surface area contributed by atoms with Gasteiger partial charge in [-0.25, -0.2) is 4.98 Å². The maximum atomic E-state index is 12.0. The van der Waals surface area contributed by atoms with Crippen molar-refractivity contribution in [2.75, 3.05) is 26.2 Å². The Labute approximate surface area is 168 Å². The second kappa shape index (κ2) is 9.37. The number of nitrogens with zero attached hydrogens (tertiary/aromatic N) is 2. The Morgan fingerprint density at radius 1 is 1.30 bits per heavy atom. The lowest BCUT2D eigenvalue weighted by atomic mass is 9.97. The summed E-state index contributed by atoms with van der Waals surface area (Å²) in [5.74, 6) is 2.81. The number of likely N-dealkylation sites (tertiary alicyclic amines) is 1. The molecular weight excluding hydrogens is 410 g/mol. The van der Waals surface area contributed by atoms with E-state index in [2.05, 4.69) is 31.1 Å². The highest BCUT2D eigenvalue weighted by atomic mass is 79.9. The second-order valence-electron chi connectivity index (χ2n) is 7.02. The van der Waals surface area contributed by atoms with E-state index >= 15 is 0 Å². The number of hydrogen-bond donors (Lipinski definition) is 1. The fraction of sp³-hybridized carbons (Fsp3) is 0.500. The maximum Gasteiger partial charge on any atom is 0.257 e. The monoisotopic (exact) mass is 435 g/mol. The van der Waals surface area contributed by atoms with Crippen LogP contribution in [0.15, 0.2) is 33.2 Å². The lowest BCUT2D eigenvalue weighted by Crippen LogP contribution is -2.39. The number of nitrogens with one attached hydrogen (secondary N) is 1. The van der Waals surface area contributed by atoms with E-state index in [9.17, 15) is 4.79 Å². The highest BCUT2D eigenvalue weighted by molar-refractivity contribution is 9.10. The molecule has 0 bridgehead atoms. The molecule has 6 nitrogen and oxygen atoms in total. The summed E-state index contributed by atoms with van der Waals surface area (Å²) in [7, 11) is 0. The van der Waals surface area contributed by atoms with Gasteiger partial charge in [0.15, 0.2) is 6.61 Å². The fourth-order valence-corrected chi connectivity index (χ4v) is 3.40. The van der Waals surface area contributed by atoms with E-state index in [1.165, 1.54) is 0 Å². The Hall–Kier alpha value is -1.86. The van der Waals surface area contributed by atoms with E-state index in [-0.39, 0.29) is 12.5 Å². The molecule has 1 aromatic heterocycles. The molecule has 1 aromatic carbocycles. The lowest BCUT2D eigenvalue weighted by molar-refractivity contribution is -0.123. The summed E-state index contributed by atoms with van der Waals surface area (Å²) >= 11 is 3.37. The highest BCUT2D eigenvalue weighted by Crippen LogP contribution is 2.19. The van der Waals surface area contributed by atoms with Gasteiger partial charge in [0.25, 0.3) is 5.91 Å². The molecule has 2 aromatic rings. The second-order valence-corrected chi connectivity index (χ2v) is 7.93. The molecule has 146 valence electrons. The van der Waals surface area contributed by atoms with Gasteiger partial charge in [0, 0.05) is 11.0 Å². The van der Waals surface area contributed by atoms with Crippen LogP contribution in [0.5, 0.6) is 5.75 Å². The average molecular weight is 436 g/mol. The van der Waals surface area contributed by atoms with Crippen LogP contribution in [-0.2, 0) is 11.3 Å². The number of amides is 1. The van der Waals surface area contributed by atoms with Crippen molar-refractivity contribution < 1.29 is 13.9 Å². The van der Waals surface area contributed by atoms with Crippen molar-refractivity contribution in [2.45, 2.75) is 33.2 Å². The number of benzene rings is 1. The maximum absolute atomic E-state index is 12.0. The third-order valence-electron chi connectivity index (χ3n) is 4.91. The Kier molecular flexibility index (Phi) is 6.90. The van der Waals surface area contributed by atoms with E-state index in [1.54, 1.807) is 0 Å². The van der Waals surface area contributed by atoms with E-state index in [0.717, 1.165) is 54.3 Å². The molecule has 1 fully saturated rings. The number of rotatable bonds is 7. The number of halogens is 1. The van der Waals surface area contributed by atoms with E-state index in [1.807, 2.05) is 38.1 Å². The third kappa shape index (κ3) is 6.07. The van der Waals surface area contributed by atoms with Gasteiger partial charge >= 0.3 is 0 Å². The van der Waals surface area contributed by atoms with Gasteiger partial charge < -0.3 is 14.5 Å². The molecule has 7 heteroatoms. The van der Waals surface area contributed by atoms with Crippen LogP contribution >= 0.6 is 15.9 Å². The van der Waals surface area contributed by atoms with Gasteiger partial charge in [-0.3, -0.25) is 9.69 Å². The molecule has 0 radical (unpaired) electrons. The molecule has 0 aliphatic carbocycles. The van der Waals surface area contributed by atoms with Crippen LogP contribution < -0.4 is 10.1 Å². The van der Waals surface area contributed by atoms with Crippen LogP contribution in [0.3, 0.4) is 0 Å². The molecule has 1 aliphatic rings. The zero-order chi connectivity index (χ0) is 19.2. The summed E-state index contributed by atoms with van der Waals surface area (Å²) in [6.07, 6.45) is 2.12. The molecular formula is C20H26BrN3O3. The number of carbonyl (C=O) groups is 1. The summed E-state index contributed by atoms with van der Waals surface area (Å²) in [6.45, 7) is 7.41. The van der Waals surface area contributed by atoms with Crippen LogP contribution in [0.1, 0.15) is 30.2 Å². The number of aromatic nitrogens is 1. The smallest absolute Gasteiger partial charge is 0.257 e. The summed E-state index contributed by atoms with van der Waals surface area (Å²) in [5, 5.41) is 2.99. The van der Waals surface area contributed by atoms with Crippen LogP contribution in [0, 0.1) is 19.8 Å². The molecule has 1 aliphatic heterocycles. The van der Waals surface area contributed by atoms with Gasteiger partial charge in [0.05, 0.1) is 12.2 Å². The lowest BCUT2D eigenvalue weighted by Gasteiger charge is -2.31. The summed E-state index contributed by atoms with van der Waals surface area (Å²) < 4.78 is 12.2. The van der Waals surface area contributed by atoms with Gasteiger partial charge in [0.2, 0.25) is 5.89 Å². The SMILES string of the molecule is Cc1nc(CN2CCC(CNC(=O)COc3ccc(Br)cc3)CC2)oc1C. The normalized spacial score (nSPS) is 15.7. The number of aryl methyl sites for hydroxylation is 2. The van der Waals surface area contributed by atoms with Crippen LogP contribution in [0.25, 0.3) is 0 Å². The number of carbonyl (C=O) groups excluding carboxylic acids is 1. The molecule has 27 heavy (non-hydrogen) atoms. The van der Waals surface area contributed by atoms with Crippen LogP contribution in [0.4, 0.5) is 0 Å². The van der Waals surface area contributed by atoms with Gasteiger partial charge in [-0.1, -0.05) is 15.9 Å². The minimum absolute atomic E-state index is 0.0450. The van der Waals surface area contributed by atoms with E-state index in [4.69, 9.17) is 9.15 Å². The zero-order valence-electron chi connectivity index (χ0n) is 15.8. The van der Waals surface area contributed by atoms with Crippen molar-refractivity contribution >= 4 is 21.8 Å². The van der Waals surface area contributed by atoms with E-state index < -0.39 is 0 Å². The first-order valence-corrected chi connectivity index (χ1v) is 10.1. The van der Waals surface area contributed by atoms with E-state index in [0.29, 0.717) is 18.2 Å². The molecule has 2 heterocycles. The van der Waals surface area contributed by atoms with Crippen molar-refractivity contribution in [3.8, 4) is 5.75 Å². The summed E-state index contributed by atoms with van der Waals surface area (Å²) in [4.78, 5) is 18.8. The topological polar surface area (TPSA) is 67.6 Å². The Morgan fingerprint density at radius 3 is 2.63 bits per heavy atom. The minimum Gasteiger partial charge on any atom is -0.484 e. The van der Waals surface area contributed by atoms with Crippen LogP contribution in [0.2, 0.25) is 0 Å². The predicted molar refractivity (Wildman–Crippen MR) is 107 cm³/mol. The van der Waals surface area contributed by atoms with Gasteiger partial charge in [-0.15, -0.1) is 0 Å². The quantitative estimate of drug-likeness (QED) is 0.720. The fourth-order valence-electron chi connectivity index (χ4n) is 3.14. The number of hydrogen-bond acceptors (Lipinski definition) is 5. The number of ether oxygens (including phenoxy) is 1. The largest absolute Gasteiger partial charge is 0.484 e. The molecule has 0 spiro atoms. The molecule has 1 saturated heterocycles. The summed E-state index contributed by atoms with van der Waals surface area (Å²) in [6, 6.07) is 7.46. The van der Waals surface area contributed by atoms with Crippen LogP contribution in [-0.4, -0.2) is 42.0 Å². The standard InChI is InChI=1S/C20H26BrN3O3/c1-14-15(2)27-20(23-14)12-24-9-7-16(8-10-24)11-22-19(25)13-26-18-5-3-17(21)4-6-18/h3-6,16H,7-13H2,1-2H3,(H,22,25). The number of oxazole rings is 1. The van der Waals surface area contributed by atoms with Crippen molar-refractivity contribution in [2.24, 2.45) is 5.92 Å². The number of piperidine rings is 1. The van der Waals surface area contributed by atoms with Crippen molar-refractivity contribution in [3.05, 3.63) is 46.1 Å². The third-order valence-corrected chi connectivity index (χ3v) is 5.44. The van der Waals surface area contributed by atoms with Gasteiger partial charge in [-0.2, -0.15) is 0 Å². The molecule has 0 atom stereocenters.